The fourth-order valence-corrected chi connectivity index (χ4v) is 1.87. The van der Waals surface area contributed by atoms with Crippen LogP contribution in [0.25, 0.3) is 0 Å². The van der Waals surface area contributed by atoms with E-state index >= 15 is 0 Å². The van der Waals surface area contributed by atoms with E-state index in [1.54, 1.807) is 7.11 Å². The maximum absolute atomic E-state index is 5.35. The molecule has 17 heavy (non-hydrogen) atoms. The first kappa shape index (κ1) is 14.5. The summed E-state index contributed by atoms with van der Waals surface area (Å²) in [5.41, 5.74) is 1.20. The molecule has 1 aromatic heterocycles. The lowest BCUT2D eigenvalue weighted by atomic mass is 10.2. The summed E-state index contributed by atoms with van der Waals surface area (Å²) in [7, 11) is 5.84. The molecule has 0 spiro atoms. The summed E-state index contributed by atoms with van der Waals surface area (Å²) < 4.78 is 7.40. The number of likely N-dealkylation sites (N-methyl/N-ethyl adjacent to an activating group) is 1. The van der Waals surface area contributed by atoms with Crippen molar-refractivity contribution in [3.63, 3.8) is 0 Å². The summed E-state index contributed by atoms with van der Waals surface area (Å²) in [6.07, 6.45) is 3.89. The van der Waals surface area contributed by atoms with Gasteiger partial charge in [0.1, 0.15) is 0 Å². The Morgan fingerprint density at radius 3 is 2.76 bits per heavy atom. The molecule has 1 atom stereocenters. The van der Waals surface area contributed by atoms with E-state index in [1.165, 1.54) is 5.69 Å². The van der Waals surface area contributed by atoms with Gasteiger partial charge in [-0.1, -0.05) is 22.9 Å². The molecule has 1 unspecified atom stereocenters. The number of aromatic nitrogens is 2. The maximum Gasteiger partial charge on any atom is 0.159 e. The van der Waals surface area contributed by atoms with Crippen molar-refractivity contribution in [2.75, 3.05) is 27.7 Å². The minimum Gasteiger partial charge on any atom is -0.493 e. The normalized spacial score (nSPS) is 13.1. The highest BCUT2D eigenvalue weighted by Gasteiger charge is 2.12. The average molecular weight is 304 g/mol. The summed E-state index contributed by atoms with van der Waals surface area (Å²) in [5.74, 6) is 0.900. The van der Waals surface area contributed by atoms with E-state index in [0.717, 1.165) is 31.7 Å². The molecule has 1 rings (SSSR count). The van der Waals surface area contributed by atoms with Crippen LogP contribution < -0.4 is 4.74 Å². The second-order valence-corrected chi connectivity index (χ2v) is 6.07. The average Bonchev–Trinajstić information content (AvgIpc) is 2.65. The first-order chi connectivity index (χ1) is 8.04. The quantitative estimate of drug-likeness (QED) is 0.723. The highest BCUT2D eigenvalue weighted by atomic mass is 79.9. The van der Waals surface area contributed by atoms with Crippen LogP contribution in [-0.4, -0.2) is 47.3 Å². The minimum absolute atomic E-state index is 0.518. The second-order valence-electron chi connectivity index (χ2n) is 4.51. The van der Waals surface area contributed by atoms with E-state index in [4.69, 9.17) is 4.74 Å². The first-order valence-electron chi connectivity index (χ1n) is 5.92. The summed E-state index contributed by atoms with van der Waals surface area (Å²) in [4.78, 5) is 2.68. The van der Waals surface area contributed by atoms with Crippen molar-refractivity contribution in [2.45, 2.75) is 31.1 Å². The van der Waals surface area contributed by atoms with Gasteiger partial charge in [0.25, 0.3) is 0 Å². The zero-order chi connectivity index (χ0) is 12.8. The monoisotopic (exact) mass is 303 g/mol. The number of hydrogen-bond donors (Lipinski definition) is 0. The van der Waals surface area contributed by atoms with E-state index < -0.39 is 0 Å². The van der Waals surface area contributed by atoms with Crippen molar-refractivity contribution in [2.24, 2.45) is 0 Å². The molecule has 98 valence electrons. The van der Waals surface area contributed by atoms with Gasteiger partial charge < -0.3 is 9.64 Å². The van der Waals surface area contributed by atoms with Crippen LogP contribution in [0.5, 0.6) is 5.75 Å². The van der Waals surface area contributed by atoms with Crippen LogP contribution in [0, 0.1) is 0 Å². The Hall–Kier alpha value is -0.550. The number of hydrogen-bond acceptors (Lipinski definition) is 3. The lowest BCUT2D eigenvalue weighted by Crippen LogP contribution is -2.20. The molecule has 0 aliphatic carbocycles. The van der Waals surface area contributed by atoms with Crippen molar-refractivity contribution >= 4 is 15.9 Å². The van der Waals surface area contributed by atoms with Gasteiger partial charge in [0.2, 0.25) is 0 Å². The number of halogens is 1. The largest absolute Gasteiger partial charge is 0.493 e. The first-order valence-corrected chi connectivity index (χ1v) is 6.83. The third-order valence-electron chi connectivity index (χ3n) is 2.67. The van der Waals surface area contributed by atoms with Crippen molar-refractivity contribution in [3.8, 4) is 5.75 Å². The lowest BCUT2D eigenvalue weighted by molar-refractivity contribution is 0.365. The van der Waals surface area contributed by atoms with Gasteiger partial charge in [-0.3, -0.25) is 4.68 Å². The lowest BCUT2D eigenvalue weighted by Gasteiger charge is -2.13. The molecule has 0 aliphatic rings. The third kappa shape index (κ3) is 4.68. The Bertz CT molecular complexity index is 336. The van der Waals surface area contributed by atoms with E-state index in [-0.39, 0.29) is 0 Å². The van der Waals surface area contributed by atoms with Crippen LogP contribution in [-0.2, 0) is 13.0 Å². The third-order valence-corrected chi connectivity index (χ3v) is 3.13. The fourth-order valence-electron chi connectivity index (χ4n) is 1.64. The minimum atomic E-state index is 0.518. The van der Waals surface area contributed by atoms with Crippen LogP contribution in [0.15, 0.2) is 6.20 Å². The molecule has 0 fully saturated rings. The number of alkyl halides is 1. The SMILES string of the molecule is COc1cnn(CCN(C)C)c1CCC(C)Br. The molecule has 0 aromatic carbocycles. The molecule has 0 aliphatic heterocycles. The van der Waals surface area contributed by atoms with E-state index in [0.29, 0.717) is 4.83 Å². The molecule has 0 saturated heterocycles. The molecule has 0 bridgehead atoms. The molecule has 0 amide bonds. The fraction of sp³-hybridized carbons (Fsp3) is 0.750. The summed E-state index contributed by atoms with van der Waals surface area (Å²) in [6.45, 7) is 4.05. The van der Waals surface area contributed by atoms with E-state index in [2.05, 4.69) is 46.9 Å². The molecular formula is C12H22BrN3O. The maximum atomic E-state index is 5.35. The molecule has 0 N–H and O–H groups in total. The van der Waals surface area contributed by atoms with Gasteiger partial charge in [-0.25, -0.2) is 0 Å². The topological polar surface area (TPSA) is 30.3 Å². The highest BCUT2D eigenvalue weighted by Crippen LogP contribution is 2.21. The van der Waals surface area contributed by atoms with E-state index in [1.807, 2.05) is 10.9 Å². The van der Waals surface area contributed by atoms with Gasteiger partial charge in [0.05, 0.1) is 25.5 Å². The molecule has 5 heteroatoms. The van der Waals surface area contributed by atoms with Gasteiger partial charge in [0.15, 0.2) is 5.75 Å². The number of nitrogens with zero attached hydrogens (tertiary/aromatic N) is 3. The predicted molar refractivity (Wildman–Crippen MR) is 74.0 cm³/mol. The standard InChI is InChI=1S/C12H22BrN3O/c1-10(13)5-6-11-12(17-4)9-14-16(11)8-7-15(2)3/h9-10H,5-8H2,1-4H3. The van der Waals surface area contributed by atoms with Crippen molar-refractivity contribution in [3.05, 3.63) is 11.9 Å². The van der Waals surface area contributed by atoms with Crippen molar-refractivity contribution in [1.82, 2.24) is 14.7 Å². The van der Waals surface area contributed by atoms with Crippen LogP contribution in [0.3, 0.4) is 0 Å². The number of rotatable bonds is 7. The Morgan fingerprint density at radius 2 is 2.24 bits per heavy atom. The van der Waals surface area contributed by atoms with Crippen molar-refractivity contribution in [1.29, 1.82) is 0 Å². The number of methoxy groups -OCH3 is 1. The Labute approximate surface area is 112 Å². The molecule has 0 saturated carbocycles. The van der Waals surface area contributed by atoms with Crippen LogP contribution in [0.1, 0.15) is 19.0 Å². The molecular weight excluding hydrogens is 282 g/mol. The molecule has 1 heterocycles. The number of ether oxygens (including phenoxy) is 1. The van der Waals surface area contributed by atoms with Crippen molar-refractivity contribution < 1.29 is 4.74 Å². The Morgan fingerprint density at radius 1 is 1.53 bits per heavy atom. The van der Waals surface area contributed by atoms with Gasteiger partial charge >= 0.3 is 0 Å². The van der Waals surface area contributed by atoms with Crippen LogP contribution in [0.2, 0.25) is 0 Å². The Balaban J connectivity index is 2.71. The van der Waals surface area contributed by atoms with Gasteiger partial charge in [-0.05, 0) is 26.9 Å². The smallest absolute Gasteiger partial charge is 0.159 e. The van der Waals surface area contributed by atoms with Gasteiger partial charge in [0, 0.05) is 11.4 Å². The Kier molecular flexibility index (Phi) is 5.98. The summed E-state index contributed by atoms with van der Waals surface area (Å²) in [6, 6.07) is 0. The van der Waals surface area contributed by atoms with Crippen LogP contribution in [0.4, 0.5) is 0 Å². The molecule has 1 aromatic rings. The van der Waals surface area contributed by atoms with Crippen LogP contribution >= 0.6 is 15.9 Å². The molecule has 4 nitrogen and oxygen atoms in total. The predicted octanol–water partition coefficient (Wildman–Crippen LogP) is 2.17. The zero-order valence-corrected chi connectivity index (χ0v) is 12.7. The summed E-state index contributed by atoms with van der Waals surface area (Å²) >= 11 is 3.57. The second kappa shape index (κ2) is 7.01. The summed E-state index contributed by atoms with van der Waals surface area (Å²) in [5, 5.41) is 4.39. The van der Waals surface area contributed by atoms with Gasteiger partial charge in [-0.15, -0.1) is 0 Å². The zero-order valence-electron chi connectivity index (χ0n) is 11.1. The molecule has 0 radical (unpaired) electrons. The van der Waals surface area contributed by atoms with Gasteiger partial charge in [-0.2, -0.15) is 5.10 Å². The van der Waals surface area contributed by atoms with E-state index in [9.17, 15) is 0 Å². The highest BCUT2D eigenvalue weighted by molar-refractivity contribution is 9.09.